The maximum Gasteiger partial charge on any atom is 0.256 e. The van der Waals surface area contributed by atoms with E-state index in [9.17, 15) is 14.0 Å². The molecule has 0 atom stereocenters. The molecule has 1 aromatic heterocycles. The van der Waals surface area contributed by atoms with Crippen molar-refractivity contribution in [2.75, 3.05) is 12.4 Å². The minimum atomic E-state index is -0.589. The fraction of sp³-hybridized carbons (Fsp3) is 0.0588. The molecule has 0 spiro atoms. The third kappa shape index (κ3) is 3.16. The summed E-state index contributed by atoms with van der Waals surface area (Å²) in [6, 6.07) is 10.5. The maximum atomic E-state index is 13.7. The van der Waals surface area contributed by atoms with Gasteiger partial charge in [0.25, 0.3) is 5.91 Å². The maximum absolute atomic E-state index is 13.7. The summed E-state index contributed by atoms with van der Waals surface area (Å²) in [6.07, 6.45) is 0. The Morgan fingerprint density at radius 3 is 2.71 bits per heavy atom. The summed E-state index contributed by atoms with van der Waals surface area (Å²) in [5.74, 6) is -1.01. The summed E-state index contributed by atoms with van der Waals surface area (Å²) in [4.78, 5) is 27.0. The summed E-state index contributed by atoms with van der Waals surface area (Å²) >= 11 is 3.34. The van der Waals surface area contributed by atoms with Gasteiger partial charge >= 0.3 is 0 Å². The minimum absolute atomic E-state index is 0.0820. The van der Waals surface area contributed by atoms with Gasteiger partial charge in [0.1, 0.15) is 0 Å². The Hall–Kier alpha value is -2.67. The Kier molecular flexibility index (Phi) is 4.35. The number of pyridine rings is 1. The van der Waals surface area contributed by atoms with Crippen molar-refractivity contribution in [2.45, 2.75) is 0 Å². The van der Waals surface area contributed by atoms with E-state index in [0.717, 1.165) is 10.5 Å². The van der Waals surface area contributed by atoms with Crippen LogP contribution < -0.4 is 15.6 Å². The molecule has 3 aromatic rings. The molecule has 0 aliphatic rings. The zero-order valence-electron chi connectivity index (χ0n) is 12.5. The summed E-state index contributed by atoms with van der Waals surface area (Å²) < 4.78 is 19.3. The molecule has 24 heavy (non-hydrogen) atoms. The molecule has 2 N–H and O–H groups in total. The van der Waals surface area contributed by atoms with Crippen LogP contribution in [0.4, 0.5) is 10.1 Å². The van der Waals surface area contributed by atoms with Crippen LogP contribution in [0.2, 0.25) is 0 Å². The number of fused-ring (bicyclic) bond motifs is 1. The van der Waals surface area contributed by atoms with Crippen LogP contribution in [0, 0.1) is 5.82 Å². The number of hydrogen-bond donors (Lipinski definition) is 2. The highest BCUT2D eigenvalue weighted by molar-refractivity contribution is 9.10. The van der Waals surface area contributed by atoms with Gasteiger partial charge in [-0.1, -0.05) is 15.9 Å². The second-order valence-corrected chi connectivity index (χ2v) is 5.96. The lowest BCUT2D eigenvalue weighted by Gasteiger charge is -2.09. The van der Waals surface area contributed by atoms with Gasteiger partial charge in [-0.05, 0) is 30.3 Å². The van der Waals surface area contributed by atoms with Gasteiger partial charge in [-0.15, -0.1) is 0 Å². The first-order chi connectivity index (χ1) is 11.5. The zero-order valence-corrected chi connectivity index (χ0v) is 14.1. The van der Waals surface area contributed by atoms with Crippen molar-refractivity contribution in [3.63, 3.8) is 0 Å². The van der Waals surface area contributed by atoms with E-state index in [4.69, 9.17) is 4.74 Å². The topological polar surface area (TPSA) is 71.2 Å². The Morgan fingerprint density at radius 1 is 1.21 bits per heavy atom. The van der Waals surface area contributed by atoms with Crippen molar-refractivity contribution < 1.29 is 13.9 Å². The number of rotatable bonds is 3. The molecule has 1 heterocycles. The highest BCUT2D eigenvalue weighted by Gasteiger charge is 2.13. The number of ether oxygens (including phenoxy) is 1. The van der Waals surface area contributed by atoms with E-state index < -0.39 is 17.3 Å². The van der Waals surface area contributed by atoms with Crippen molar-refractivity contribution in [2.24, 2.45) is 0 Å². The number of halogens is 2. The smallest absolute Gasteiger partial charge is 0.256 e. The second-order valence-electron chi connectivity index (χ2n) is 5.04. The third-order valence-corrected chi connectivity index (χ3v) is 3.95. The minimum Gasteiger partial charge on any atom is -0.494 e. The molecular formula is C17H12BrFN2O3. The molecule has 0 unspecified atom stereocenters. The van der Waals surface area contributed by atoms with E-state index in [-0.39, 0.29) is 17.0 Å². The van der Waals surface area contributed by atoms with Gasteiger partial charge in [0, 0.05) is 33.2 Å². The Morgan fingerprint density at radius 2 is 2.00 bits per heavy atom. The van der Waals surface area contributed by atoms with Crippen LogP contribution >= 0.6 is 15.9 Å². The predicted octanol–water partition coefficient (Wildman–Crippen LogP) is 3.69. The first-order valence-corrected chi connectivity index (χ1v) is 7.75. The van der Waals surface area contributed by atoms with Crippen molar-refractivity contribution in [1.82, 2.24) is 4.98 Å². The number of carbonyl (C=O) groups is 1. The normalized spacial score (nSPS) is 10.6. The quantitative estimate of drug-likeness (QED) is 0.716. The van der Waals surface area contributed by atoms with E-state index in [1.165, 1.54) is 25.3 Å². The van der Waals surface area contributed by atoms with Gasteiger partial charge < -0.3 is 15.0 Å². The number of amides is 1. The number of aromatic nitrogens is 1. The van der Waals surface area contributed by atoms with Crippen LogP contribution in [0.5, 0.6) is 5.75 Å². The number of aromatic amines is 1. The summed E-state index contributed by atoms with van der Waals surface area (Å²) in [7, 11) is 1.36. The molecule has 1 amide bonds. The van der Waals surface area contributed by atoms with Gasteiger partial charge in [0.2, 0.25) is 5.56 Å². The van der Waals surface area contributed by atoms with Gasteiger partial charge in [-0.25, -0.2) is 4.39 Å². The Balaban J connectivity index is 2.01. The van der Waals surface area contributed by atoms with Crippen LogP contribution in [-0.2, 0) is 0 Å². The third-order valence-electron chi connectivity index (χ3n) is 3.46. The number of hydrogen-bond acceptors (Lipinski definition) is 3. The lowest BCUT2D eigenvalue weighted by Crippen LogP contribution is -2.17. The molecule has 122 valence electrons. The molecule has 0 aliphatic heterocycles. The van der Waals surface area contributed by atoms with Crippen LogP contribution in [0.15, 0.2) is 51.7 Å². The molecular weight excluding hydrogens is 379 g/mol. The van der Waals surface area contributed by atoms with Crippen molar-refractivity contribution in [3.05, 3.63) is 68.7 Å². The Bertz CT molecular complexity index is 1000. The van der Waals surface area contributed by atoms with E-state index in [2.05, 4.69) is 26.2 Å². The van der Waals surface area contributed by atoms with Gasteiger partial charge in [0.05, 0.1) is 12.7 Å². The van der Waals surface area contributed by atoms with Crippen LogP contribution in [-0.4, -0.2) is 18.0 Å². The molecule has 0 fully saturated rings. The number of carbonyl (C=O) groups excluding carboxylic acids is 1. The summed E-state index contributed by atoms with van der Waals surface area (Å²) in [5.41, 5.74) is 0.612. The summed E-state index contributed by atoms with van der Waals surface area (Å²) in [5, 5.41) is 3.17. The van der Waals surface area contributed by atoms with Gasteiger partial charge in [0.15, 0.2) is 11.6 Å². The van der Waals surface area contributed by atoms with E-state index in [1.807, 2.05) is 0 Å². The highest BCUT2D eigenvalue weighted by Crippen LogP contribution is 2.23. The predicted molar refractivity (Wildman–Crippen MR) is 93.2 cm³/mol. The first-order valence-electron chi connectivity index (χ1n) is 6.95. The fourth-order valence-corrected chi connectivity index (χ4v) is 2.72. The Labute approximate surface area is 144 Å². The molecule has 0 bridgehead atoms. The standard InChI is InChI=1S/C17H12BrFN2O3/c1-24-15-5-3-10(7-13(15)19)20-17(23)12-8-16(22)21-14-4-2-9(18)6-11(12)14/h2-8H,1H3,(H,20,23)(H,21,22). The number of anilines is 1. The molecule has 2 aromatic carbocycles. The van der Waals surface area contributed by atoms with Crippen LogP contribution in [0.25, 0.3) is 10.9 Å². The number of H-pyrrole nitrogens is 1. The lowest BCUT2D eigenvalue weighted by molar-refractivity contribution is 0.102. The average Bonchev–Trinajstić information content (AvgIpc) is 2.54. The summed E-state index contributed by atoms with van der Waals surface area (Å²) in [6.45, 7) is 0. The molecule has 0 aliphatic carbocycles. The highest BCUT2D eigenvalue weighted by atomic mass is 79.9. The molecule has 0 radical (unpaired) electrons. The molecule has 5 nitrogen and oxygen atoms in total. The molecule has 0 saturated heterocycles. The van der Waals surface area contributed by atoms with Crippen molar-refractivity contribution >= 4 is 38.4 Å². The van der Waals surface area contributed by atoms with Gasteiger partial charge in [-0.3, -0.25) is 9.59 Å². The average molecular weight is 391 g/mol. The fourth-order valence-electron chi connectivity index (χ4n) is 2.36. The lowest BCUT2D eigenvalue weighted by atomic mass is 10.1. The number of nitrogens with one attached hydrogen (secondary N) is 2. The van der Waals surface area contributed by atoms with Gasteiger partial charge in [-0.2, -0.15) is 0 Å². The largest absolute Gasteiger partial charge is 0.494 e. The second kappa shape index (κ2) is 6.45. The number of methoxy groups -OCH3 is 1. The van der Waals surface area contributed by atoms with Crippen LogP contribution in [0.3, 0.4) is 0 Å². The first kappa shape index (κ1) is 16.2. The zero-order chi connectivity index (χ0) is 17.3. The molecule has 3 rings (SSSR count). The van der Waals surface area contributed by atoms with Crippen molar-refractivity contribution in [3.8, 4) is 5.75 Å². The SMILES string of the molecule is COc1ccc(NC(=O)c2cc(=O)[nH]c3ccc(Br)cc23)cc1F. The monoisotopic (exact) mass is 390 g/mol. The number of benzene rings is 2. The van der Waals surface area contributed by atoms with E-state index in [1.54, 1.807) is 18.2 Å². The van der Waals surface area contributed by atoms with Crippen LogP contribution in [0.1, 0.15) is 10.4 Å². The van der Waals surface area contributed by atoms with E-state index in [0.29, 0.717) is 10.9 Å². The van der Waals surface area contributed by atoms with Crippen molar-refractivity contribution in [1.29, 1.82) is 0 Å². The van der Waals surface area contributed by atoms with E-state index >= 15 is 0 Å². The molecule has 0 saturated carbocycles. The molecule has 7 heteroatoms.